The van der Waals surface area contributed by atoms with Crippen LogP contribution in [0.25, 0.3) is 11.5 Å². The minimum Gasteiger partial charge on any atom is -0.491 e. The van der Waals surface area contributed by atoms with E-state index in [1.165, 1.54) is 19.3 Å². The van der Waals surface area contributed by atoms with Crippen molar-refractivity contribution in [3.05, 3.63) is 30.1 Å². The summed E-state index contributed by atoms with van der Waals surface area (Å²) in [5.74, 6) is 1.93. The topological polar surface area (TPSA) is 108 Å². The summed E-state index contributed by atoms with van der Waals surface area (Å²) in [7, 11) is 0. The second kappa shape index (κ2) is 8.75. The Morgan fingerprint density at radius 2 is 1.80 bits per heavy atom. The maximum Gasteiger partial charge on any atom is 0.253 e. The van der Waals surface area contributed by atoms with E-state index in [9.17, 15) is 5.11 Å². The molecule has 10 nitrogen and oxygen atoms in total. The van der Waals surface area contributed by atoms with Crippen molar-refractivity contribution in [3.63, 3.8) is 0 Å². The lowest BCUT2D eigenvalue weighted by Crippen LogP contribution is -2.48. The van der Waals surface area contributed by atoms with Crippen molar-refractivity contribution in [2.45, 2.75) is 57.5 Å². The number of pyridine rings is 1. The van der Waals surface area contributed by atoms with Gasteiger partial charge in [-0.1, -0.05) is 19.3 Å². The summed E-state index contributed by atoms with van der Waals surface area (Å²) in [5, 5.41) is 13.9. The van der Waals surface area contributed by atoms with Gasteiger partial charge in [0.1, 0.15) is 5.69 Å². The molecule has 1 spiro atoms. The zero-order chi connectivity index (χ0) is 24.0. The molecule has 184 valence electrons. The molecule has 1 aromatic heterocycles. The molecule has 0 unspecified atom stereocenters. The number of nitrogens with zero attached hydrogens (tertiary/aromatic N) is 8. The van der Waals surface area contributed by atoms with Crippen molar-refractivity contribution in [2.75, 3.05) is 42.9 Å². The number of fused-ring (bicyclic) bond motifs is 4. The molecule has 0 bridgehead atoms. The molecule has 35 heavy (non-hydrogen) atoms. The molecule has 10 heteroatoms. The van der Waals surface area contributed by atoms with Crippen LogP contribution < -0.4 is 15.8 Å². The van der Waals surface area contributed by atoms with Crippen LogP contribution in [0.1, 0.15) is 46.0 Å². The number of piperazine rings is 1. The van der Waals surface area contributed by atoms with Crippen LogP contribution in [0.3, 0.4) is 0 Å². The van der Waals surface area contributed by atoms with Gasteiger partial charge in [0.2, 0.25) is 0 Å². The van der Waals surface area contributed by atoms with Gasteiger partial charge in [0.25, 0.3) is 11.5 Å². The van der Waals surface area contributed by atoms with Gasteiger partial charge in [0, 0.05) is 38.8 Å². The van der Waals surface area contributed by atoms with Crippen molar-refractivity contribution in [1.29, 1.82) is 0 Å². The monoisotopic (exact) mass is 475 g/mol. The van der Waals surface area contributed by atoms with Gasteiger partial charge in [-0.25, -0.2) is 15.0 Å². The summed E-state index contributed by atoms with van der Waals surface area (Å²) < 4.78 is 2.15. The smallest absolute Gasteiger partial charge is 0.253 e. The predicted molar refractivity (Wildman–Crippen MR) is 134 cm³/mol. The van der Waals surface area contributed by atoms with Gasteiger partial charge in [-0.2, -0.15) is 9.98 Å². The Kier molecular flexibility index (Phi) is 5.55. The Morgan fingerprint density at radius 1 is 1.00 bits per heavy atom. The number of hydrogen-bond donors (Lipinski definition) is 2. The molecule has 5 heterocycles. The first kappa shape index (κ1) is 22.2. The molecule has 2 N–H and O–H groups in total. The molecule has 1 saturated heterocycles. The van der Waals surface area contributed by atoms with Gasteiger partial charge in [-0.15, -0.1) is 0 Å². The lowest BCUT2D eigenvalue weighted by molar-refractivity contribution is 0.209. The third kappa shape index (κ3) is 3.99. The quantitative estimate of drug-likeness (QED) is 0.595. The highest BCUT2D eigenvalue weighted by Crippen LogP contribution is 2.46. The van der Waals surface area contributed by atoms with Crippen LogP contribution in [0.2, 0.25) is 0 Å². The number of aromatic hydroxyl groups is 1. The van der Waals surface area contributed by atoms with E-state index in [1.54, 1.807) is 6.20 Å². The zero-order valence-corrected chi connectivity index (χ0v) is 20.5. The van der Waals surface area contributed by atoms with Crippen LogP contribution in [-0.4, -0.2) is 73.3 Å². The van der Waals surface area contributed by atoms with Gasteiger partial charge >= 0.3 is 0 Å². The summed E-state index contributed by atoms with van der Waals surface area (Å²) in [6, 6.07) is 4.58. The van der Waals surface area contributed by atoms with Gasteiger partial charge in [0.05, 0.1) is 23.6 Å². The lowest BCUT2D eigenvalue weighted by Gasteiger charge is -2.37. The Hall–Kier alpha value is -3.27. The van der Waals surface area contributed by atoms with Gasteiger partial charge in [0.15, 0.2) is 17.5 Å². The number of aromatic nitrogens is 5. The molecule has 5 aliphatic rings. The largest absolute Gasteiger partial charge is 0.491 e. The lowest BCUT2D eigenvalue weighted by atomic mass is 9.82. The minimum absolute atomic E-state index is 0.000259. The highest BCUT2D eigenvalue weighted by molar-refractivity contribution is 5.63. The summed E-state index contributed by atoms with van der Waals surface area (Å²) in [5.41, 5.74) is 1.95. The minimum atomic E-state index is -0.0859. The Morgan fingerprint density at radius 3 is 2.51 bits per heavy atom. The molecule has 6 rings (SSSR count). The first-order chi connectivity index (χ1) is 17.0. The van der Waals surface area contributed by atoms with Gasteiger partial charge in [-0.3, -0.25) is 9.47 Å². The third-order valence-electron chi connectivity index (χ3n) is 7.81. The first-order valence-electron chi connectivity index (χ1n) is 12.8. The fourth-order valence-corrected chi connectivity index (χ4v) is 5.82. The number of rotatable bonds is 3. The average Bonchev–Trinajstić information content (AvgIpc) is 3.24. The molecule has 2 fully saturated rings. The van der Waals surface area contributed by atoms with E-state index in [4.69, 9.17) is 4.98 Å². The maximum atomic E-state index is 10.5. The predicted octanol–water partition coefficient (Wildman–Crippen LogP) is 2.73. The molecule has 0 aromatic carbocycles. The fourth-order valence-electron chi connectivity index (χ4n) is 5.82. The molecule has 1 aliphatic carbocycles. The maximum absolute atomic E-state index is 10.5. The van der Waals surface area contributed by atoms with E-state index in [2.05, 4.69) is 59.5 Å². The second-order valence-electron chi connectivity index (χ2n) is 10.2. The number of hydrogen-bond acceptors (Lipinski definition) is 9. The molecule has 1 aromatic rings. The summed E-state index contributed by atoms with van der Waals surface area (Å²) >= 11 is 0. The second-order valence-corrected chi connectivity index (χ2v) is 10.2. The van der Waals surface area contributed by atoms with E-state index in [0.29, 0.717) is 34.8 Å². The standard InChI is InChI=1S/C25H33N9O/c1-17(2)32-10-12-33(13-11-32)18-6-7-20(26-14-18)30-24-27-15-19-21(31-24)34-22(23(35)29-19)28-16-25(34)8-4-3-5-9-25/h6-7,14-15,17,28,35H,3-5,8-13,16H2,1-2H3. The summed E-state index contributed by atoms with van der Waals surface area (Å²) in [6.07, 6.45) is 9.23. The first-order valence-corrected chi connectivity index (χ1v) is 12.8. The Labute approximate surface area is 205 Å². The van der Waals surface area contributed by atoms with Crippen LogP contribution >= 0.6 is 0 Å². The van der Waals surface area contributed by atoms with Crippen molar-refractivity contribution in [2.24, 2.45) is 4.99 Å². The van der Waals surface area contributed by atoms with E-state index >= 15 is 0 Å². The molecule has 0 radical (unpaired) electrons. The normalized spacial score (nSPS) is 20.5. The molecule has 0 atom stereocenters. The van der Waals surface area contributed by atoms with Crippen LogP contribution in [0.15, 0.2) is 29.5 Å². The molecule has 0 amide bonds. The van der Waals surface area contributed by atoms with Crippen LogP contribution in [-0.2, 0) is 5.54 Å². The molecular formula is C25H33N9O. The third-order valence-corrected chi connectivity index (χ3v) is 7.81. The number of nitrogens with one attached hydrogen (secondary N) is 1. The Bertz CT molecular complexity index is 1240. The van der Waals surface area contributed by atoms with Gasteiger partial charge < -0.3 is 15.3 Å². The number of anilines is 2. The SMILES string of the molecule is CC(C)N1CCN(c2ccc(N=c3ncc4nc(O)c5n(c-4n3)C3(CCCCC3)CN5)nc2)CC1. The highest BCUT2D eigenvalue weighted by Gasteiger charge is 2.43. The van der Waals surface area contributed by atoms with E-state index in [-0.39, 0.29) is 11.4 Å². The molecule has 4 aliphatic heterocycles. The average molecular weight is 476 g/mol. The molecule has 1 saturated carbocycles. The van der Waals surface area contributed by atoms with Gasteiger partial charge in [-0.05, 0) is 38.8 Å². The van der Waals surface area contributed by atoms with Crippen molar-refractivity contribution >= 4 is 17.3 Å². The summed E-state index contributed by atoms with van der Waals surface area (Å²) in [6.45, 7) is 9.42. The highest BCUT2D eigenvalue weighted by atomic mass is 16.3. The van der Waals surface area contributed by atoms with E-state index in [0.717, 1.165) is 51.3 Å². The van der Waals surface area contributed by atoms with E-state index < -0.39 is 0 Å². The van der Waals surface area contributed by atoms with Crippen LogP contribution in [0, 0.1) is 0 Å². The zero-order valence-electron chi connectivity index (χ0n) is 20.5. The van der Waals surface area contributed by atoms with E-state index in [1.807, 2.05) is 12.3 Å². The molecular weight excluding hydrogens is 442 g/mol. The fraction of sp³-hybridized carbons (Fsp3) is 0.560. The van der Waals surface area contributed by atoms with Crippen molar-refractivity contribution in [1.82, 2.24) is 29.4 Å². The van der Waals surface area contributed by atoms with Crippen molar-refractivity contribution < 1.29 is 5.11 Å². The Balaban J connectivity index is 1.30. The van der Waals surface area contributed by atoms with Crippen LogP contribution in [0.4, 0.5) is 17.3 Å². The van der Waals surface area contributed by atoms with Crippen LogP contribution in [0.5, 0.6) is 5.88 Å². The van der Waals surface area contributed by atoms with Crippen molar-refractivity contribution in [3.8, 4) is 17.4 Å². The summed E-state index contributed by atoms with van der Waals surface area (Å²) in [4.78, 5) is 27.6.